The number of aromatic nitrogens is 1. The van der Waals surface area contributed by atoms with Crippen LogP contribution in [-0.2, 0) is 0 Å². The number of hydrogen-bond acceptors (Lipinski definition) is 3. The molecule has 23 heavy (non-hydrogen) atoms. The number of pyridine rings is 1. The number of nitrogens with one attached hydrogen (secondary N) is 2. The number of nitrogens with zero attached hydrogens (tertiary/aromatic N) is 1. The Labute approximate surface area is 140 Å². The number of halogens is 1. The summed E-state index contributed by atoms with van der Waals surface area (Å²) in [6.45, 7) is 4.53. The van der Waals surface area contributed by atoms with Gasteiger partial charge in [0.1, 0.15) is 5.15 Å². The van der Waals surface area contributed by atoms with Gasteiger partial charge in [0.05, 0.1) is 5.56 Å². The van der Waals surface area contributed by atoms with Crippen molar-refractivity contribution >= 4 is 23.4 Å². The van der Waals surface area contributed by atoms with Crippen LogP contribution in [0.2, 0.25) is 5.15 Å². The lowest BCUT2D eigenvalue weighted by Gasteiger charge is -2.09. The predicted octanol–water partition coefficient (Wildman–Crippen LogP) is 2.51. The van der Waals surface area contributed by atoms with Gasteiger partial charge in [0.25, 0.3) is 11.8 Å². The van der Waals surface area contributed by atoms with E-state index >= 15 is 0 Å². The monoisotopic (exact) mass is 331 g/mol. The molecule has 1 heterocycles. The maximum absolute atomic E-state index is 12.1. The molecule has 0 fully saturated rings. The zero-order valence-electron chi connectivity index (χ0n) is 13.0. The first-order valence-corrected chi connectivity index (χ1v) is 7.60. The van der Waals surface area contributed by atoms with Gasteiger partial charge in [-0.15, -0.1) is 0 Å². The number of carbonyl (C=O) groups excluding carboxylic acids is 2. The van der Waals surface area contributed by atoms with E-state index in [0.717, 1.165) is 11.1 Å². The second-order valence-electron chi connectivity index (χ2n) is 5.23. The van der Waals surface area contributed by atoms with Gasteiger partial charge >= 0.3 is 0 Å². The highest BCUT2D eigenvalue weighted by Crippen LogP contribution is 2.11. The molecule has 0 aliphatic rings. The van der Waals surface area contributed by atoms with Crippen LogP contribution >= 0.6 is 11.6 Å². The molecule has 2 amide bonds. The molecule has 0 bridgehead atoms. The number of hydrogen-bond donors (Lipinski definition) is 2. The molecule has 6 heteroatoms. The Morgan fingerprint density at radius 3 is 2.26 bits per heavy atom. The predicted molar refractivity (Wildman–Crippen MR) is 89.8 cm³/mol. The first-order chi connectivity index (χ1) is 11.0. The van der Waals surface area contributed by atoms with Crippen LogP contribution in [-0.4, -0.2) is 29.9 Å². The second-order valence-corrected chi connectivity index (χ2v) is 5.59. The van der Waals surface area contributed by atoms with Crippen molar-refractivity contribution < 1.29 is 9.59 Å². The summed E-state index contributed by atoms with van der Waals surface area (Å²) in [7, 11) is 0. The van der Waals surface area contributed by atoms with E-state index < -0.39 is 0 Å². The molecule has 0 atom stereocenters. The summed E-state index contributed by atoms with van der Waals surface area (Å²) >= 11 is 5.85. The molecule has 2 aromatic rings. The van der Waals surface area contributed by atoms with Gasteiger partial charge in [-0.2, -0.15) is 0 Å². The Bertz CT molecular complexity index is 711. The Balaban J connectivity index is 1.82. The second kappa shape index (κ2) is 7.74. The molecule has 0 saturated heterocycles. The van der Waals surface area contributed by atoms with Gasteiger partial charge < -0.3 is 10.6 Å². The first-order valence-electron chi connectivity index (χ1n) is 7.22. The zero-order chi connectivity index (χ0) is 16.8. The number of aryl methyl sites for hydroxylation is 2. The smallest absolute Gasteiger partial charge is 0.254 e. The van der Waals surface area contributed by atoms with Crippen LogP contribution in [0.5, 0.6) is 0 Å². The summed E-state index contributed by atoms with van der Waals surface area (Å²) in [6, 6.07) is 8.91. The summed E-state index contributed by atoms with van der Waals surface area (Å²) in [5, 5.41) is 5.62. The average molecular weight is 332 g/mol. The fraction of sp³-hybridized carbons (Fsp3) is 0.235. The molecule has 0 radical (unpaired) electrons. The molecule has 2 rings (SSSR count). The fourth-order valence-corrected chi connectivity index (χ4v) is 2.42. The third-order valence-corrected chi connectivity index (χ3v) is 3.48. The van der Waals surface area contributed by atoms with Crippen LogP contribution in [0.1, 0.15) is 31.8 Å². The molecule has 1 aromatic heterocycles. The molecule has 0 unspecified atom stereocenters. The number of amides is 2. The molecule has 0 spiro atoms. The van der Waals surface area contributed by atoms with Gasteiger partial charge in [0.2, 0.25) is 0 Å². The van der Waals surface area contributed by atoms with E-state index in [1.54, 1.807) is 12.1 Å². The molecule has 2 N–H and O–H groups in total. The van der Waals surface area contributed by atoms with Gasteiger partial charge in [-0.3, -0.25) is 9.59 Å². The van der Waals surface area contributed by atoms with Crippen LogP contribution in [0.15, 0.2) is 36.5 Å². The van der Waals surface area contributed by atoms with Crippen molar-refractivity contribution in [3.05, 3.63) is 63.9 Å². The van der Waals surface area contributed by atoms with Crippen molar-refractivity contribution in [1.82, 2.24) is 15.6 Å². The van der Waals surface area contributed by atoms with E-state index in [9.17, 15) is 9.59 Å². The first kappa shape index (κ1) is 17.0. The topological polar surface area (TPSA) is 71.1 Å². The molecule has 120 valence electrons. The number of rotatable bonds is 5. The minimum absolute atomic E-state index is 0.157. The van der Waals surface area contributed by atoms with Crippen molar-refractivity contribution in [1.29, 1.82) is 0 Å². The van der Waals surface area contributed by atoms with E-state index in [2.05, 4.69) is 15.6 Å². The quantitative estimate of drug-likeness (QED) is 0.653. The number of benzene rings is 1. The van der Waals surface area contributed by atoms with E-state index in [1.165, 1.54) is 6.20 Å². The fourth-order valence-electron chi connectivity index (χ4n) is 2.21. The third-order valence-electron chi connectivity index (χ3n) is 3.18. The van der Waals surface area contributed by atoms with E-state index in [0.29, 0.717) is 24.2 Å². The van der Waals surface area contributed by atoms with Gasteiger partial charge in [0.15, 0.2) is 0 Å². The summed E-state index contributed by atoms with van der Waals surface area (Å²) < 4.78 is 0. The van der Waals surface area contributed by atoms with Crippen molar-refractivity contribution in [3.8, 4) is 0 Å². The summed E-state index contributed by atoms with van der Waals surface area (Å²) in [5.74, 6) is -0.478. The third kappa shape index (κ3) is 4.79. The van der Waals surface area contributed by atoms with Crippen LogP contribution in [0.3, 0.4) is 0 Å². The normalized spacial score (nSPS) is 10.2. The van der Waals surface area contributed by atoms with Crippen molar-refractivity contribution in [2.24, 2.45) is 0 Å². The molecule has 0 aliphatic carbocycles. The summed E-state index contributed by atoms with van der Waals surface area (Å²) in [5.41, 5.74) is 3.00. The lowest BCUT2D eigenvalue weighted by molar-refractivity contribution is 0.0927. The lowest BCUT2D eigenvalue weighted by atomic mass is 10.1. The summed E-state index contributed by atoms with van der Waals surface area (Å²) in [4.78, 5) is 27.8. The maximum Gasteiger partial charge on any atom is 0.254 e. The van der Waals surface area contributed by atoms with E-state index in [-0.39, 0.29) is 17.0 Å². The summed E-state index contributed by atoms with van der Waals surface area (Å²) in [6.07, 6.45) is 1.52. The van der Waals surface area contributed by atoms with Gasteiger partial charge in [-0.1, -0.05) is 28.8 Å². The van der Waals surface area contributed by atoms with Crippen molar-refractivity contribution in [2.75, 3.05) is 13.1 Å². The van der Waals surface area contributed by atoms with E-state index in [4.69, 9.17) is 11.6 Å². The largest absolute Gasteiger partial charge is 0.350 e. The van der Waals surface area contributed by atoms with Gasteiger partial charge in [0, 0.05) is 24.8 Å². The highest BCUT2D eigenvalue weighted by molar-refractivity contribution is 6.32. The highest BCUT2D eigenvalue weighted by atomic mass is 35.5. The van der Waals surface area contributed by atoms with Crippen LogP contribution < -0.4 is 10.6 Å². The maximum atomic E-state index is 12.1. The van der Waals surface area contributed by atoms with Crippen LogP contribution in [0.4, 0.5) is 0 Å². The zero-order valence-corrected chi connectivity index (χ0v) is 13.8. The molecular formula is C17H18ClN3O2. The van der Waals surface area contributed by atoms with E-state index in [1.807, 2.05) is 32.0 Å². The van der Waals surface area contributed by atoms with Gasteiger partial charge in [-0.25, -0.2) is 4.98 Å². The Hall–Kier alpha value is -2.40. The lowest BCUT2D eigenvalue weighted by Crippen LogP contribution is -2.34. The highest BCUT2D eigenvalue weighted by Gasteiger charge is 2.10. The SMILES string of the molecule is Cc1cc(C)cc(C(=O)NCCNC(=O)c2cccnc2Cl)c1. The Kier molecular flexibility index (Phi) is 5.71. The molecular weight excluding hydrogens is 314 g/mol. The standard InChI is InChI=1S/C17H18ClN3O2/c1-11-8-12(2)10-13(9-11)16(22)20-6-7-21-17(23)14-4-3-5-19-15(14)18/h3-5,8-10H,6-7H2,1-2H3,(H,20,22)(H,21,23). The Morgan fingerprint density at radius 1 is 1.04 bits per heavy atom. The van der Waals surface area contributed by atoms with Crippen LogP contribution in [0, 0.1) is 13.8 Å². The minimum Gasteiger partial charge on any atom is -0.350 e. The molecule has 1 aromatic carbocycles. The molecule has 0 aliphatic heterocycles. The van der Waals surface area contributed by atoms with Gasteiger partial charge in [-0.05, 0) is 38.1 Å². The Morgan fingerprint density at radius 2 is 1.65 bits per heavy atom. The average Bonchev–Trinajstić information content (AvgIpc) is 2.50. The molecule has 0 saturated carbocycles. The van der Waals surface area contributed by atoms with Crippen LogP contribution in [0.25, 0.3) is 0 Å². The number of carbonyl (C=O) groups is 2. The molecule has 5 nitrogen and oxygen atoms in total. The minimum atomic E-state index is -0.316. The van der Waals surface area contributed by atoms with Crippen molar-refractivity contribution in [3.63, 3.8) is 0 Å². The van der Waals surface area contributed by atoms with Crippen molar-refractivity contribution in [2.45, 2.75) is 13.8 Å².